The second-order valence-electron chi connectivity index (χ2n) is 18.1. The number of carbonyl (C=O) groups is 3. The van der Waals surface area contributed by atoms with E-state index in [2.05, 4.69) is 106 Å². The molecule has 0 rings (SSSR count). The highest BCUT2D eigenvalue weighted by Gasteiger charge is 2.19. The summed E-state index contributed by atoms with van der Waals surface area (Å²) >= 11 is 0. The molecule has 0 spiro atoms. The minimum absolute atomic E-state index is 0.0965. The molecule has 0 unspecified atom stereocenters. The summed E-state index contributed by atoms with van der Waals surface area (Å²) in [6.45, 7) is 6.46. The van der Waals surface area contributed by atoms with Crippen molar-refractivity contribution in [2.75, 3.05) is 13.2 Å². The predicted octanol–water partition coefficient (Wildman–Crippen LogP) is 18.4. The molecule has 0 fully saturated rings. The fraction of sp³-hybridized carbons (Fsp3) is 0.717. The zero-order valence-corrected chi connectivity index (χ0v) is 43.2. The van der Waals surface area contributed by atoms with E-state index < -0.39 is 6.10 Å². The Labute approximate surface area is 407 Å². The van der Waals surface area contributed by atoms with Crippen molar-refractivity contribution in [1.82, 2.24) is 0 Å². The number of unbranched alkanes of at least 4 members (excludes halogenated alkanes) is 24. The van der Waals surface area contributed by atoms with E-state index in [1.807, 2.05) is 0 Å². The first-order valence-electron chi connectivity index (χ1n) is 27.6. The number of hydrogen-bond acceptors (Lipinski definition) is 6. The Bertz CT molecular complexity index is 1290. The van der Waals surface area contributed by atoms with Gasteiger partial charge in [-0.05, 0) is 116 Å². The average molecular weight is 919 g/mol. The molecular weight excluding hydrogens is 817 g/mol. The normalized spacial score (nSPS) is 12.7. The lowest BCUT2D eigenvalue weighted by Crippen LogP contribution is -2.30. The van der Waals surface area contributed by atoms with Crippen molar-refractivity contribution in [2.45, 2.75) is 264 Å². The van der Waals surface area contributed by atoms with Crippen LogP contribution in [0.4, 0.5) is 0 Å². The summed E-state index contributed by atoms with van der Waals surface area (Å²) in [6, 6.07) is 0. The van der Waals surface area contributed by atoms with Gasteiger partial charge in [0.2, 0.25) is 0 Å². The Hall–Kier alpha value is -3.41. The highest BCUT2D eigenvalue weighted by atomic mass is 16.6. The van der Waals surface area contributed by atoms with Crippen LogP contribution in [0.1, 0.15) is 258 Å². The molecule has 1 atom stereocenters. The molecule has 0 aromatic carbocycles. The van der Waals surface area contributed by atoms with Gasteiger partial charge >= 0.3 is 17.9 Å². The van der Waals surface area contributed by atoms with Crippen LogP contribution in [0.25, 0.3) is 0 Å². The zero-order valence-electron chi connectivity index (χ0n) is 43.2. The lowest BCUT2D eigenvalue weighted by molar-refractivity contribution is -0.167. The van der Waals surface area contributed by atoms with E-state index in [9.17, 15) is 14.4 Å². The van der Waals surface area contributed by atoms with Crippen molar-refractivity contribution in [3.63, 3.8) is 0 Å². The second kappa shape index (κ2) is 54.2. The van der Waals surface area contributed by atoms with E-state index in [1.54, 1.807) is 0 Å². The molecule has 0 N–H and O–H groups in total. The van der Waals surface area contributed by atoms with E-state index in [0.29, 0.717) is 19.3 Å². The first-order valence-corrected chi connectivity index (χ1v) is 27.6. The van der Waals surface area contributed by atoms with Gasteiger partial charge in [0, 0.05) is 19.3 Å². The van der Waals surface area contributed by atoms with Crippen molar-refractivity contribution in [3.05, 3.63) is 85.1 Å². The van der Waals surface area contributed by atoms with Crippen molar-refractivity contribution >= 4 is 17.9 Å². The molecule has 0 amide bonds. The third kappa shape index (κ3) is 51.6. The Kier molecular flexibility index (Phi) is 51.4. The lowest BCUT2D eigenvalue weighted by atomic mass is 10.1. The first-order chi connectivity index (χ1) is 32.5. The van der Waals surface area contributed by atoms with Gasteiger partial charge in [0.05, 0.1) is 0 Å². The second-order valence-corrected chi connectivity index (χ2v) is 18.1. The van der Waals surface area contributed by atoms with Gasteiger partial charge < -0.3 is 14.2 Å². The smallest absolute Gasteiger partial charge is 0.306 e. The molecule has 6 nitrogen and oxygen atoms in total. The van der Waals surface area contributed by atoms with Gasteiger partial charge in [-0.2, -0.15) is 0 Å². The van der Waals surface area contributed by atoms with E-state index in [4.69, 9.17) is 14.2 Å². The van der Waals surface area contributed by atoms with E-state index in [0.717, 1.165) is 135 Å². The minimum Gasteiger partial charge on any atom is -0.462 e. The summed E-state index contributed by atoms with van der Waals surface area (Å²) in [4.78, 5) is 38.1. The topological polar surface area (TPSA) is 78.9 Å². The maximum atomic E-state index is 12.8. The summed E-state index contributed by atoms with van der Waals surface area (Å²) < 4.78 is 16.8. The minimum atomic E-state index is -0.798. The molecule has 0 radical (unpaired) electrons. The largest absolute Gasteiger partial charge is 0.462 e. The van der Waals surface area contributed by atoms with Gasteiger partial charge in [-0.3, -0.25) is 14.4 Å². The SMILES string of the molecule is CC/C=C\C/C=C\C/C=C\CCCCCCCC(=O)OC[C@H](COC(=O)CCCCCC/C=C\C/C=C\C/C=C\CCCCC)OC(=O)CCCCCCC/C=C\CCCCCCCCC. The van der Waals surface area contributed by atoms with Gasteiger partial charge in [0.15, 0.2) is 6.10 Å². The number of rotatable bonds is 49. The van der Waals surface area contributed by atoms with Gasteiger partial charge in [0.25, 0.3) is 0 Å². The molecule has 66 heavy (non-hydrogen) atoms. The lowest BCUT2D eigenvalue weighted by Gasteiger charge is -2.18. The first kappa shape index (κ1) is 62.6. The van der Waals surface area contributed by atoms with Crippen LogP contribution < -0.4 is 0 Å². The number of carbonyl (C=O) groups excluding carboxylic acids is 3. The van der Waals surface area contributed by atoms with Gasteiger partial charge in [-0.25, -0.2) is 0 Å². The maximum Gasteiger partial charge on any atom is 0.306 e. The summed E-state index contributed by atoms with van der Waals surface area (Å²) in [5.74, 6) is -0.939. The monoisotopic (exact) mass is 919 g/mol. The molecule has 0 aliphatic carbocycles. The summed E-state index contributed by atoms with van der Waals surface area (Å²) in [7, 11) is 0. The number of hydrogen-bond donors (Lipinski definition) is 0. The van der Waals surface area contributed by atoms with Crippen LogP contribution in [0.5, 0.6) is 0 Å². The Morgan fingerprint density at radius 1 is 0.318 bits per heavy atom. The molecule has 0 aliphatic heterocycles. The standard InChI is InChI=1S/C60H102O6/c1-4-7-10-13-16-19-22-25-28-30-33-35-38-41-44-47-50-53-59(62)65-56-57(55-64-58(61)52-49-46-43-40-37-34-31-27-24-21-18-15-12-9-6-3)66-60(63)54-51-48-45-42-39-36-32-29-26-23-20-17-14-11-8-5-2/h9,12,16,18-19,21,25,27-29,31-33,35,57H,4-8,10-11,13-15,17,20,22-24,26,30,34,36-56H2,1-3H3/b12-9-,19-16-,21-18-,28-25-,31-27-,32-29-,35-33-/t57-/m1/s1. The highest BCUT2D eigenvalue weighted by Crippen LogP contribution is 2.14. The van der Waals surface area contributed by atoms with Crippen LogP contribution in [-0.2, 0) is 28.6 Å². The molecular formula is C60H102O6. The van der Waals surface area contributed by atoms with Crippen LogP contribution in [0.15, 0.2) is 85.1 Å². The molecule has 0 aliphatic rings. The number of allylic oxidation sites excluding steroid dienone is 14. The summed E-state index contributed by atoms with van der Waals surface area (Å²) in [5, 5.41) is 0. The fourth-order valence-electron chi connectivity index (χ4n) is 7.46. The van der Waals surface area contributed by atoms with Crippen LogP contribution in [0.2, 0.25) is 0 Å². The summed E-state index contributed by atoms with van der Waals surface area (Å²) in [6.07, 6.45) is 69.9. The van der Waals surface area contributed by atoms with Gasteiger partial charge in [-0.15, -0.1) is 0 Å². The molecule has 6 heteroatoms. The number of ether oxygens (including phenoxy) is 3. The highest BCUT2D eigenvalue weighted by molar-refractivity contribution is 5.71. The van der Waals surface area contributed by atoms with Crippen LogP contribution in [0.3, 0.4) is 0 Å². The quantitative estimate of drug-likeness (QED) is 0.0262. The van der Waals surface area contributed by atoms with Crippen LogP contribution >= 0.6 is 0 Å². The molecule has 0 aromatic rings. The van der Waals surface area contributed by atoms with Gasteiger partial charge in [0.1, 0.15) is 13.2 Å². The Balaban J connectivity index is 4.47. The Morgan fingerprint density at radius 3 is 0.970 bits per heavy atom. The van der Waals surface area contributed by atoms with E-state index in [-0.39, 0.29) is 31.1 Å². The van der Waals surface area contributed by atoms with Crippen molar-refractivity contribution in [2.24, 2.45) is 0 Å². The number of esters is 3. The van der Waals surface area contributed by atoms with Crippen LogP contribution in [-0.4, -0.2) is 37.2 Å². The molecule has 0 aromatic heterocycles. The molecule has 0 bridgehead atoms. The van der Waals surface area contributed by atoms with Crippen molar-refractivity contribution in [3.8, 4) is 0 Å². The van der Waals surface area contributed by atoms with Crippen LogP contribution in [0, 0.1) is 0 Å². The van der Waals surface area contributed by atoms with Crippen molar-refractivity contribution in [1.29, 1.82) is 0 Å². The maximum absolute atomic E-state index is 12.8. The zero-order chi connectivity index (χ0) is 47.9. The molecule has 0 heterocycles. The van der Waals surface area contributed by atoms with Crippen molar-refractivity contribution < 1.29 is 28.6 Å². The summed E-state index contributed by atoms with van der Waals surface area (Å²) in [5.41, 5.74) is 0. The fourth-order valence-corrected chi connectivity index (χ4v) is 7.46. The molecule has 378 valence electrons. The average Bonchev–Trinajstić information content (AvgIpc) is 3.31. The third-order valence-corrected chi connectivity index (χ3v) is 11.6. The van der Waals surface area contributed by atoms with E-state index in [1.165, 1.54) is 83.5 Å². The van der Waals surface area contributed by atoms with Gasteiger partial charge in [-0.1, -0.05) is 209 Å². The predicted molar refractivity (Wildman–Crippen MR) is 284 cm³/mol. The molecule has 0 saturated carbocycles. The Morgan fingerprint density at radius 2 is 0.591 bits per heavy atom. The molecule has 0 saturated heterocycles. The third-order valence-electron chi connectivity index (χ3n) is 11.6. The van der Waals surface area contributed by atoms with E-state index >= 15 is 0 Å².